The molecule has 0 atom stereocenters. The fourth-order valence-corrected chi connectivity index (χ4v) is 3.47. The maximum atomic E-state index is 11.8. The minimum atomic E-state index is -3.22. The van der Waals surface area contributed by atoms with Gasteiger partial charge in [0.1, 0.15) is 0 Å². The van der Waals surface area contributed by atoms with Crippen LogP contribution in [-0.4, -0.2) is 14.3 Å². The molecule has 0 saturated heterocycles. The molecule has 0 unspecified atom stereocenters. The normalized spacial score (nSPS) is 14.2. The minimum Gasteiger partial charge on any atom is -0.323 e. The summed E-state index contributed by atoms with van der Waals surface area (Å²) in [5, 5.41) is 2.64. The highest BCUT2D eigenvalue weighted by atomic mass is 32.2. The minimum absolute atomic E-state index is 0.286. The van der Waals surface area contributed by atoms with Crippen LogP contribution < -0.4 is 5.32 Å². The van der Waals surface area contributed by atoms with Crippen LogP contribution in [0, 0.1) is 0 Å². The Labute approximate surface area is 116 Å². The van der Waals surface area contributed by atoms with Crippen LogP contribution in [0.5, 0.6) is 0 Å². The number of fused-ring (bicyclic) bond motifs is 2. The lowest BCUT2D eigenvalue weighted by Crippen LogP contribution is -2.13. The van der Waals surface area contributed by atoms with E-state index >= 15 is 0 Å². The van der Waals surface area contributed by atoms with Crippen LogP contribution in [0.4, 0.5) is 5.69 Å². The van der Waals surface area contributed by atoms with E-state index in [0.717, 1.165) is 5.56 Å². The lowest BCUT2D eigenvalue weighted by Gasteiger charge is -2.19. The number of nitrogens with one attached hydrogen (secondary N) is 1. The van der Waals surface area contributed by atoms with Gasteiger partial charge in [0.2, 0.25) is 15.7 Å². The summed E-state index contributed by atoms with van der Waals surface area (Å²) >= 11 is 0. The summed E-state index contributed by atoms with van der Waals surface area (Å²) in [6.07, 6.45) is 1.19. The molecule has 2 bridgehead atoms. The third kappa shape index (κ3) is 1.83. The quantitative estimate of drug-likeness (QED) is 0.752. The predicted octanol–water partition coefficient (Wildman–Crippen LogP) is 2.62. The molecule has 0 spiro atoms. The van der Waals surface area contributed by atoms with Crippen LogP contribution in [0.2, 0.25) is 0 Å². The Bertz CT molecular complexity index is 817. The van der Waals surface area contributed by atoms with Gasteiger partial charge in [0.05, 0.1) is 9.79 Å². The van der Waals surface area contributed by atoms with Crippen molar-refractivity contribution in [2.45, 2.75) is 9.79 Å². The highest BCUT2D eigenvalue weighted by Crippen LogP contribution is 2.40. The first-order chi connectivity index (χ1) is 9.52. The van der Waals surface area contributed by atoms with Crippen LogP contribution in [0.1, 0.15) is 0 Å². The first-order valence-electron chi connectivity index (χ1n) is 5.95. The summed E-state index contributed by atoms with van der Waals surface area (Å²) in [6.45, 7) is 3.38. The monoisotopic (exact) mass is 285 g/mol. The zero-order valence-corrected chi connectivity index (χ0v) is 11.3. The van der Waals surface area contributed by atoms with Crippen molar-refractivity contribution >= 4 is 21.4 Å². The Balaban J connectivity index is 1.95. The summed E-state index contributed by atoms with van der Waals surface area (Å²) in [5.41, 5.74) is 2.12. The molecular weight excluding hydrogens is 274 g/mol. The Kier molecular flexibility index (Phi) is 2.72. The molecule has 0 aromatic heterocycles. The van der Waals surface area contributed by atoms with E-state index in [1.807, 2.05) is 0 Å². The fourth-order valence-electron chi connectivity index (χ4n) is 2.13. The van der Waals surface area contributed by atoms with Gasteiger partial charge in [-0.25, -0.2) is 8.42 Å². The van der Waals surface area contributed by atoms with Crippen LogP contribution in [-0.2, 0) is 14.6 Å². The number of sulfone groups is 1. The Morgan fingerprint density at radius 2 is 1.80 bits per heavy atom. The topological polar surface area (TPSA) is 63.2 Å². The molecule has 4 rings (SSSR count). The van der Waals surface area contributed by atoms with Gasteiger partial charge in [0, 0.05) is 11.3 Å². The maximum absolute atomic E-state index is 11.8. The summed E-state index contributed by atoms with van der Waals surface area (Å²) in [6, 6.07) is 12.1. The van der Waals surface area contributed by atoms with Gasteiger partial charge in [-0.2, -0.15) is 0 Å². The van der Waals surface area contributed by atoms with Gasteiger partial charge in [0.15, 0.2) is 0 Å². The smallest absolute Gasteiger partial charge is 0.247 e. The second-order valence-corrected chi connectivity index (χ2v) is 6.35. The Morgan fingerprint density at radius 1 is 1.10 bits per heavy atom. The summed E-state index contributed by atoms with van der Waals surface area (Å²) in [7, 11) is -3.22. The van der Waals surface area contributed by atoms with Gasteiger partial charge in [-0.15, -0.1) is 0 Å². The molecule has 0 radical (unpaired) electrons. The number of carbonyl (C=O) groups is 1. The molecule has 1 N–H and O–H groups in total. The fraction of sp³-hybridized carbons (Fsp3) is 0. The molecule has 0 fully saturated rings. The second kappa shape index (κ2) is 4.31. The van der Waals surface area contributed by atoms with E-state index in [-0.39, 0.29) is 5.91 Å². The van der Waals surface area contributed by atoms with Crippen molar-refractivity contribution in [3.8, 4) is 11.1 Å². The van der Waals surface area contributed by atoms with Gasteiger partial charge in [-0.05, 0) is 35.9 Å². The van der Waals surface area contributed by atoms with Gasteiger partial charge in [-0.1, -0.05) is 24.8 Å². The van der Waals surface area contributed by atoms with Crippen molar-refractivity contribution in [2.24, 2.45) is 0 Å². The third-order valence-corrected chi connectivity index (χ3v) is 4.99. The summed E-state index contributed by atoms with van der Waals surface area (Å²) in [4.78, 5) is 11.9. The average molecular weight is 285 g/mol. The SMILES string of the molecule is C=CC(=O)Nc1ccc(-c2ccc3cc2S3(=O)=O)cc1. The van der Waals surface area contributed by atoms with Crippen molar-refractivity contribution in [2.75, 3.05) is 5.32 Å². The lowest BCUT2D eigenvalue weighted by molar-refractivity contribution is -0.111. The molecule has 2 aromatic carbocycles. The molecule has 2 aromatic rings. The number of amides is 1. The van der Waals surface area contributed by atoms with Crippen LogP contribution in [0.25, 0.3) is 11.1 Å². The zero-order chi connectivity index (χ0) is 14.3. The maximum Gasteiger partial charge on any atom is 0.247 e. The average Bonchev–Trinajstić information content (AvgIpc) is 2.47. The molecule has 5 heteroatoms. The van der Waals surface area contributed by atoms with E-state index < -0.39 is 9.84 Å². The van der Waals surface area contributed by atoms with Gasteiger partial charge in [-0.3, -0.25) is 4.79 Å². The molecule has 2 aliphatic heterocycles. The highest BCUT2D eigenvalue weighted by molar-refractivity contribution is 7.92. The number of hydrogen-bond donors (Lipinski definition) is 1. The second-order valence-electron chi connectivity index (χ2n) is 4.43. The molecule has 2 heterocycles. The largest absolute Gasteiger partial charge is 0.323 e. The van der Waals surface area contributed by atoms with E-state index in [4.69, 9.17) is 0 Å². The van der Waals surface area contributed by atoms with Crippen LogP contribution >= 0.6 is 0 Å². The Morgan fingerprint density at radius 3 is 2.35 bits per heavy atom. The molecular formula is C15H11NO3S. The molecule has 2 aliphatic rings. The van der Waals surface area contributed by atoms with Crippen molar-refractivity contribution in [3.05, 3.63) is 55.1 Å². The number of rotatable bonds is 3. The molecule has 0 saturated carbocycles. The highest BCUT2D eigenvalue weighted by Gasteiger charge is 2.31. The standard InChI is InChI=1S/C15H11NO3S/c1-2-15(17)16-11-5-3-10(4-6-11)13-8-7-12-9-14(13)20(12,18)19/h2-9H,1H2,(H,16,17). The summed E-state index contributed by atoms with van der Waals surface area (Å²) in [5.74, 6) is -0.286. The van der Waals surface area contributed by atoms with E-state index in [0.29, 0.717) is 21.0 Å². The summed E-state index contributed by atoms with van der Waals surface area (Å²) < 4.78 is 23.6. The molecule has 1 amide bonds. The van der Waals surface area contributed by atoms with Crippen molar-refractivity contribution in [1.29, 1.82) is 0 Å². The lowest BCUT2D eigenvalue weighted by atomic mass is 10.0. The first kappa shape index (κ1) is 12.6. The van der Waals surface area contributed by atoms with E-state index in [2.05, 4.69) is 11.9 Å². The third-order valence-electron chi connectivity index (χ3n) is 3.20. The van der Waals surface area contributed by atoms with E-state index in [1.54, 1.807) is 42.5 Å². The predicted molar refractivity (Wildman–Crippen MR) is 76.2 cm³/mol. The Hall–Kier alpha value is -2.40. The number of carbonyl (C=O) groups excluding carboxylic acids is 1. The number of hydrogen-bond acceptors (Lipinski definition) is 3. The molecule has 20 heavy (non-hydrogen) atoms. The van der Waals surface area contributed by atoms with Gasteiger partial charge < -0.3 is 5.32 Å². The van der Waals surface area contributed by atoms with Crippen molar-refractivity contribution in [1.82, 2.24) is 0 Å². The van der Waals surface area contributed by atoms with Crippen LogP contribution in [0.3, 0.4) is 0 Å². The molecule has 4 nitrogen and oxygen atoms in total. The zero-order valence-electron chi connectivity index (χ0n) is 10.5. The number of anilines is 1. The van der Waals surface area contributed by atoms with Crippen molar-refractivity contribution < 1.29 is 13.2 Å². The van der Waals surface area contributed by atoms with E-state index in [1.165, 1.54) is 6.08 Å². The van der Waals surface area contributed by atoms with E-state index in [9.17, 15) is 13.2 Å². The van der Waals surface area contributed by atoms with Gasteiger partial charge in [0.25, 0.3) is 0 Å². The molecule has 0 aliphatic carbocycles. The first-order valence-corrected chi connectivity index (χ1v) is 7.44. The molecule has 100 valence electrons. The van der Waals surface area contributed by atoms with Crippen molar-refractivity contribution in [3.63, 3.8) is 0 Å². The van der Waals surface area contributed by atoms with Crippen LogP contribution in [0.15, 0.2) is 64.9 Å². The van der Waals surface area contributed by atoms with Gasteiger partial charge >= 0.3 is 0 Å². The number of benzene rings is 2.